The summed E-state index contributed by atoms with van der Waals surface area (Å²) in [5.74, 6) is 0.621. The summed E-state index contributed by atoms with van der Waals surface area (Å²) in [5.41, 5.74) is 4.91. The van der Waals surface area contributed by atoms with Gasteiger partial charge in [-0.3, -0.25) is 0 Å². The smallest absolute Gasteiger partial charge is 0.226 e. The molecule has 0 radical (unpaired) electrons. The Morgan fingerprint density at radius 2 is 2.07 bits per heavy atom. The molecule has 0 aliphatic rings. The molecule has 0 saturated carbocycles. The molecule has 0 aliphatic heterocycles. The van der Waals surface area contributed by atoms with Crippen LogP contribution in [0, 0.1) is 6.92 Å². The van der Waals surface area contributed by atoms with E-state index in [1.165, 1.54) is 0 Å². The third kappa shape index (κ3) is 2.23. The molecule has 78 valence electrons. The van der Waals surface area contributed by atoms with Gasteiger partial charge in [0, 0.05) is 12.1 Å². The molecule has 2 N–H and O–H groups in total. The number of hydrogen-bond acceptors (Lipinski definition) is 4. The van der Waals surface area contributed by atoms with Crippen molar-refractivity contribution in [3.8, 4) is 11.5 Å². The van der Waals surface area contributed by atoms with Crippen LogP contribution in [-0.2, 0) is 6.54 Å². The molecule has 2 rings (SSSR count). The summed E-state index contributed by atoms with van der Waals surface area (Å²) in [5, 5.41) is 8.53. The van der Waals surface area contributed by atoms with Crippen LogP contribution in [0.2, 0.25) is 0 Å². The van der Waals surface area contributed by atoms with Gasteiger partial charge < -0.3 is 9.62 Å². The molecule has 0 spiro atoms. The van der Waals surface area contributed by atoms with E-state index >= 15 is 0 Å². The molecular formula is C11H12N2O2. The number of nitrogens with one attached hydrogen (secondary N) is 1. The molecule has 1 aromatic heterocycles. The number of benzene rings is 1. The van der Waals surface area contributed by atoms with Crippen LogP contribution in [0.4, 0.5) is 0 Å². The highest BCUT2D eigenvalue weighted by atomic mass is 16.5. The number of rotatable bonds is 3. The number of aryl methyl sites for hydroxylation is 1. The number of hydroxylamine groups is 1. The van der Waals surface area contributed by atoms with Gasteiger partial charge in [-0.1, -0.05) is 12.1 Å². The molecule has 0 saturated heterocycles. The van der Waals surface area contributed by atoms with Gasteiger partial charge in [0.05, 0.1) is 5.69 Å². The van der Waals surface area contributed by atoms with Gasteiger partial charge >= 0.3 is 0 Å². The minimum Gasteiger partial charge on any atom is -0.444 e. The molecule has 1 heterocycles. The summed E-state index contributed by atoms with van der Waals surface area (Å²) >= 11 is 0. The second kappa shape index (κ2) is 4.25. The van der Waals surface area contributed by atoms with Crippen molar-refractivity contribution in [2.45, 2.75) is 13.5 Å². The lowest BCUT2D eigenvalue weighted by Gasteiger charge is -1.99. The zero-order valence-electron chi connectivity index (χ0n) is 8.40. The van der Waals surface area contributed by atoms with Crippen molar-refractivity contribution >= 4 is 0 Å². The Hall–Kier alpha value is -1.65. The fraction of sp³-hybridized carbons (Fsp3) is 0.182. The lowest BCUT2D eigenvalue weighted by Crippen LogP contribution is -2.05. The maximum absolute atomic E-state index is 8.53. The van der Waals surface area contributed by atoms with Crippen LogP contribution in [0.1, 0.15) is 11.3 Å². The molecule has 0 fully saturated rings. The molecule has 0 aliphatic carbocycles. The Kier molecular flexibility index (Phi) is 2.80. The number of nitrogens with zero attached hydrogens (tertiary/aromatic N) is 1. The van der Waals surface area contributed by atoms with Crippen LogP contribution in [-0.4, -0.2) is 10.2 Å². The molecule has 0 bridgehead atoms. The fourth-order valence-corrected chi connectivity index (χ4v) is 1.34. The summed E-state index contributed by atoms with van der Waals surface area (Å²) in [6.45, 7) is 2.32. The Morgan fingerprint density at radius 1 is 1.33 bits per heavy atom. The Balaban J connectivity index is 2.23. The predicted molar refractivity (Wildman–Crippen MR) is 55.3 cm³/mol. The second-order valence-electron chi connectivity index (χ2n) is 3.33. The molecule has 4 heteroatoms. The summed E-state index contributed by atoms with van der Waals surface area (Å²) < 4.78 is 5.27. The van der Waals surface area contributed by atoms with Crippen LogP contribution < -0.4 is 5.48 Å². The highest BCUT2D eigenvalue weighted by Crippen LogP contribution is 2.18. The highest BCUT2D eigenvalue weighted by molar-refractivity contribution is 5.53. The van der Waals surface area contributed by atoms with Crippen molar-refractivity contribution in [1.82, 2.24) is 10.5 Å². The standard InChI is InChI=1S/C11H12N2O2/c1-8-7-15-11(13-8)10-4-2-9(3-5-10)6-12-14/h2-5,7,12,14H,6H2,1H3. The first-order chi connectivity index (χ1) is 7.29. The lowest BCUT2D eigenvalue weighted by molar-refractivity contribution is 0.161. The third-order valence-electron chi connectivity index (χ3n) is 2.10. The van der Waals surface area contributed by atoms with Crippen LogP contribution in [0.25, 0.3) is 11.5 Å². The van der Waals surface area contributed by atoms with Gasteiger partial charge in [0.15, 0.2) is 0 Å². The maximum Gasteiger partial charge on any atom is 0.226 e. The van der Waals surface area contributed by atoms with Crippen molar-refractivity contribution in [3.63, 3.8) is 0 Å². The summed E-state index contributed by atoms with van der Waals surface area (Å²) in [6.07, 6.45) is 1.62. The van der Waals surface area contributed by atoms with E-state index in [0.717, 1.165) is 16.8 Å². The largest absolute Gasteiger partial charge is 0.444 e. The summed E-state index contributed by atoms with van der Waals surface area (Å²) in [7, 11) is 0. The topological polar surface area (TPSA) is 58.3 Å². The van der Waals surface area contributed by atoms with Gasteiger partial charge in [-0.05, 0) is 24.6 Å². The molecule has 0 unspecified atom stereocenters. The zero-order chi connectivity index (χ0) is 10.7. The zero-order valence-corrected chi connectivity index (χ0v) is 8.40. The number of oxazole rings is 1. The number of hydrogen-bond donors (Lipinski definition) is 2. The Morgan fingerprint density at radius 3 is 2.60 bits per heavy atom. The fourth-order valence-electron chi connectivity index (χ4n) is 1.34. The number of aromatic nitrogens is 1. The van der Waals surface area contributed by atoms with E-state index in [0.29, 0.717) is 12.4 Å². The quantitative estimate of drug-likeness (QED) is 0.752. The van der Waals surface area contributed by atoms with Gasteiger partial charge in [0.2, 0.25) is 5.89 Å². The summed E-state index contributed by atoms with van der Waals surface area (Å²) in [6, 6.07) is 7.66. The summed E-state index contributed by atoms with van der Waals surface area (Å²) in [4.78, 5) is 4.22. The molecule has 4 nitrogen and oxygen atoms in total. The molecule has 15 heavy (non-hydrogen) atoms. The van der Waals surface area contributed by atoms with Crippen molar-refractivity contribution in [3.05, 3.63) is 41.8 Å². The van der Waals surface area contributed by atoms with E-state index in [-0.39, 0.29) is 0 Å². The van der Waals surface area contributed by atoms with E-state index in [9.17, 15) is 0 Å². The van der Waals surface area contributed by atoms with Crippen molar-refractivity contribution < 1.29 is 9.62 Å². The first-order valence-corrected chi connectivity index (χ1v) is 4.68. The molecule has 2 aromatic rings. The van der Waals surface area contributed by atoms with Gasteiger partial charge in [-0.2, -0.15) is 0 Å². The van der Waals surface area contributed by atoms with Gasteiger partial charge in [-0.15, -0.1) is 0 Å². The predicted octanol–water partition coefficient (Wildman–Crippen LogP) is 2.13. The van der Waals surface area contributed by atoms with Crippen molar-refractivity contribution in [2.75, 3.05) is 0 Å². The lowest BCUT2D eigenvalue weighted by atomic mass is 10.1. The monoisotopic (exact) mass is 204 g/mol. The van der Waals surface area contributed by atoms with E-state index < -0.39 is 0 Å². The minimum absolute atomic E-state index is 0.435. The van der Waals surface area contributed by atoms with Crippen LogP contribution in [0.5, 0.6) is 0 Å². The maximum atomic E-state index is 8.53. The van der Waals surface area contributed by atoms with Crippen molar-refractivity contribution in [1.29, 1.82) is 0 Å². The first kappa shape index (κ1) is 9.89. The molecular weight excluding hydrogens is 192 g/mol. The van der Waals surface area contributed by atoms with Crippen LogP contribution >= 0.6 is 0 Å². The third-order valence-corrected chi connectivity index (χ3v) is 2.10. The Bertz CT molecular complexity index is 434. The molecule has 0 atom stereocenters. The van der Waals surface area contributed by atoms with Gasteiger partial charge in [-0.25, -0.2) is 10.5 Å². The Labute approximate surface area is 87.5 Å². The van der Waals surface area contributed by atoms with Crippen molar-refractivity contribution in [2.24, 2.45) is 0 Å². The van der Waals surface area contributed by atoms with Crippen LogP contribution in [0.3, 0.4) is 0 Å². The van der Waals surface area contributed by atoms with E-state index in [1.807, 2.05) is 31.2 Å². The second-order valence-corrected chi connectivity index (χ2v) is 3.33. The molecule has 1 aromatic carbocycles. The highest BCUT2D eigenvalue weighted by Gasteiger charge is 2.03. The minimum atomic E-state index is 0.435. The normalized spacial score (nSPS) is 10.5. The molecule has 0 amide bonds. The average molecular weight is 204 g/mol. The van der Waals surface area contributed by atoms with E-state index in [4.69, 9.17) is 9.62 Å². The van der Waals surface area contributed by atoms with Crippen LogP contribution in [0.15, 0.2) is 34.9 Å². The first-order valence-electron chi connectivity index (χ1n) is 4.68. The van der Waals surface area contributed by atoms with Gasteiger partial charge in [0.25, 0.3) is 0 Å². The van der Waals surface area contributed by atoms with E-state index in [2.05, 4.69) is 10.5 Å². The SMILES string of the molecule is Cc1coc(-c2ccc(CNO)cc2)n1. The van der Waals surface area contributed by atoms with E-state index in [1.54, 1.807) is 6.26 Å². The van der Waals surface area contributed by atoms with Gasteiger partial charge in [0.1, 0.15) is 6.26 Å². The average Bonchev–Trinajstić information content (AvgIpc) is 2.67.